The second-order valence-corrected chi connectivity index (χ2v) is 7.02. The summed E-state index contributed by atoms with van der Waals surface area (Å²) in [4.78, 5) is 12.8. The molecule has 2 heterocycles. The number of aromatic nitrogens is 2. The summed E-state index contributed by atoms with van der Waals surface area (Å²) >= 11 is 0. The Bertz CT molecular complexity index is 837. The fourth-order valence-corrected chi connectivity index (χ4v) is 3.75. The molecule has 0 fully saturated rings. The van der Waals surface area contributed by atoms with Gasteiger partial charge in [-0.2, -0.15) is 4.98 Å². The summed E-state index contributed by atoms with van der Waals surface area (Å²) in [6, 6.07) is 13.3. The summed E-state index contributed by atoms with van der Waals surface area (Å²) in [6.45, 7) is 9.36. The van der Waals surface area contributed by atoms with Gasteiger partial charge in [-0.25, -0.2) is 9.88 Å². The number of benzene rings is 2. The van der Waals surface area contributed by atoms with Crippen molar-refractivity contribution in [2.24, 2.45) is 0 Å². The van der Waals surface area contributed by atoms with Crippen molar-refractivity contribution < 1.29 is 17.3 Å². The third-order valence-corrected chi connectivity index (χ3v) is 4.62. The van der Waals surface area contributed by atoms with Gasteiger partial charge in [0.15, 0.2) is 6.67 Å². The second kappa shape index (κ2) is 7.06. The Morgan fingerprint density at radius 3 is 1.92 bits per heavy atom. The number of hydrogen-bond acceptors (Lipinski definition) is 3. The van der Waals surface area contributed by atoms with Crippen molar-refractivity contribution in [3.8, 4) is 0 Å². The highest BCUT2D eigenvalue weighted by molar-refractivity contribution is 5.69. The SMILES string of the molecule is Cc1cc(C)cc(N2C[NH+](c3cc(C)cc(C)c3)c3nccnc32)c1.[Cl-]. The highest BCUT2D eigenvalue weighted by atomic mass is 35.5. The van der Waals surface area contributed by atoms with Crippen molar-refractivity contribution in [2.75, 3.05) is 11.6 Å². The molecule has 0 radical (unpaired) electrons. The van der Waals surface area contributed by atoms with E-state index in [0.29, 0.717) is 0 Å². The third-order valence-electron chi connectivity index (χ3n) is 4.62. The standard InChI is InChI=1S/C21H22N4.ClH/c1-14-7-15(2)10-18(9-14)24-13-25(21-20(24)22-5-6-23-21)19-11-16(3)8-17(4)12-19;/h5-12H,13H2,1-4H3;1H. The molecule has 4 nitrogen and oxygen atoms in total. The molecule has 26 heavy (non-hydrogen) atoms. The number of aryl methyl sites for hydroxylation is 4. The van der Waals surface area contributed by atoms with Crippen LogP contribution in [-0.4, -0.2) is 16.6 Å². The Kier molecular flexibility index (Phi) is 4.99. The van der Waals surface area contributed by atoms with Crippen LogP contribution in [0, 0.1) is 27.7 Å². The van der Waals surface area contributed by atoms with Crippen LogP contribution in [0.4, 0.5) is 23.0 Å². The van der Waals surface area contributed by atoms with E-state index in [0.717, 1.165) is 18.3 Å². The summed E-state index contributed by atoms with van der Waals surface area (Å²) in [6.07, 6.45) is 3.56. The summed E-state index contributed by atoms with van der Waals surface area (Å²) in [5.41, 5.74) is 7.50. The van der Waals surface area contributed by atoms with Crippen LogP contribution < -0.4 is 22.2 Å². The smallest absolute Gasteiger partial charge is 0.276 e. The van der Waals surface area contributed by atoms with Gasteiger partial charge in [0.05, 0.1) is 6.20 Å². The van der Waals surface area contributed by atoms with Gasteiger partial charge in [0.2, 0.25) is 5.82 Å². The molecular formula is C21H23ClN4. The van der Waals surface area contributed by atoms with Crippen LogP contribution in [0.2, 0.25) is 0 Å². The van der Waals surface area contributed by atoms with Crippen molar-refractivity contribution in [1.82, 2.24) is 9.97 Å². The minimum Gasteiger partial charge on any atom is -1.00 e. The maximum atomic E-state index is 4.66. The topological polar surface area (TPSA) is 33.5 Å². The fraction of sp³-hybridized carbons (Fsp3) is 0.238. The molecule has 134 valence electrons. The van der Waals surface area contributed by atoms with Crippen molar-refractivity contribution in [3.63, 3.8) is 0 Å². The number of rotatable bonds is 2. The number of quaternary nitrogens is 1. The molecule has 4 rings (SSSR count). The Balaban J connectivity index is 0.00000196. The van der Waals surface area contributed by atoms with E-state index in [4.69, 9.17) is 0 Å². The van der Waals surface area contributed by atoms with E-state index in [9.17, 15) is 0 Å². The van der Waals surface area contributed by atoms with E-state index in [-0.39, 0.29) is 12.4 Å². The van der Waals surface area contributed by atoms with E-state index in [1.807, 2.05) is 0 Å². The number of halogens is 1. The molecule has 1 aromatic heterocycles. The molecule has 1 aliphatic rings. The molecule has 0 saturated carbocycles. The van der Waals surface area contributed by atoms with Gasteiger partial charge < -0.3 is 12.4 Å². The van der Waals surface area contributed by atoms with Crippen molar-refractivity contribution >= 4 is 23.0 Å². The number of fused-ring (bicyclic) bond motifs is 1. The van der Waals surface area contributed by atoms with E-state index < -0.39 is 0 Å². The molecule has 0 saturated heterocycles. The average Bonchev–Trinajstić information content (AvgIpc) is 2.93. The molecule has 1 unspecified atom stereocenters. The first-order valence-corrected chi connectivity index (χ1v) is 8.63. The van der Waals surface area contributed by atoms with Crippen LogP contribution in [0.15, 0.2) is 48.8 Å². The fourth-order valence-electron chi connectivity index (χ4n) is 3.75. The summed E-state index contributed by atoms with van der Waals surface area (Å²) < 4.78 is 0. The molecule has 1 atom stereocenters. The van der Waals surface area contributed by atoms with Gasteiger partial charge in [-0.3, -0.25) is 4.90 Å². The minimum atomic E-state index is 0. The number of anilines is 2. The van der Waals surface area contributed by atoms with Gasteiger partial charge in [-0.1, -0.05) is 12.1 Å². The van der Waals surface area contributed by atoms with Gasteiger partial charge in [0.25, 0.3) is 5.82 Å². The van der Waals surface area contributed by atoms with Gasteiger partial charge in [-0.05, 0) is 62.1 Å². The largest absolute Gasteiger partial charge is 1.00 e. The zero-order valence-corrected chi connectivity index (χ0v) is 16.3. The quantitative estimate of drug-likeness (QED) is 0.724. The lowest BCUT2D eigenvalue weighted by atomic mass is 10.1. The van der Waals surface area contributed by atoms with Gasteiger partial charge in [0, 0.05) is 24.0 Å². The van der Waals surface area contributed by atoms with E-state index in [1.165, 1.54) is 38.5 Å². The average molecular weight is 367 g/mol. The van der Waals surface area contributed by atoms with E-state index in [2.05, 4.69) is 79.0 Å². The third kappa shape index (κ3) is 3.30. The molecule has 0 aliphatic carbocycles. The first-order chi connectivity index (χ1) is 12.0. The highest BCUT2D eigenvalue weighted by Crippen LogP contribution is 2.32. The summed E-state index contributed by atoms with van der Waals surface area (Å²) in [5, 5.41) is 0. The first kappa shape index (κ1) is 18.4. The Labute approximate surface area is 160 Å². The van der Waals surface area contributed by atoms with Crippen LogP contribution in [0.5, 0.6) is 0 Å². The highest BCUT2D eigenvalue weighted by Gasteiger charge is 2.36. The van der Waals surface area contributed by atoms with Crippen molar-refractivity contribution in [1.29, 1.82) is 0 Å². The van der Waals surface area contributed by atoms with Crippen LogP contribution in [0.25, 0.3) is 0 Å². The zero-order valence-electron chi connectivity index (χ0n) is 15.5. The van der Waals surface area contributed by atoms with Crippen LogP contribution in [0.3, 0.4) is 0 Å². The molecule has 1 N–H and O–H groups in total. The van der Waals surface area contributed by atoms with E-state index >= 15 is 0 Å². The number of hydrogen-bond donors (Lipinski definition) is 1. The van der Waals surface area contributed by atoms with Gasteiger partial charge in [0.1, 0.15) is 5.69 Å². The second-order valence-electron chi connectivity index (χ2n) is 7.02. The van der Waals surface area contributed by atoms with Gasteiger partial charge >= 0.3 is 0 Å². The van der Waals surface area contributed by atoms with Crippen molar-refractivity contribution in [2.45, 2.75) is 27.7 Å². The molecule has 3 aromatic rings. The maximum Gasteiger partial charge on any atom is 0.276 e. The zero-order chi connectivity index (χ0) is 17.6. The summed E-state index contributed by atoms with van der Waals surface area (Å²) in [5.74, 6) is 1.94. The lowest BCUT2D eigenvalue weighted by Crippen LogP contribution is -3.02. The number of nitrogens with zero attached hydrogens (tertiary/aromatic N) is 3. The van der Waals surface area contributed by atoms with Crippen molar-refractivity contribution in [3.05, 3.63) is 71.0 Å². The molecule has 5 heteroatoms. The minimum absolute atomic E-state index is 0. The number of nitrogens with one attached hydrogen (secondary N) is 1. The summed E-state index contributed by atoms with van der Waals surface area (Å²) in [7, 11) is 0. The molecule has 0 bridgehead atoms. The Morgan fingerprint density at radius 2 is 1.31 bits per heavy atom. The van der Waals surface area contributed by atoms with Crippen LogP contribution >= 0.6 is 0 Å². The van der Waals surface area contributed by atoms with Crippen LogP contribution in [-0.2, 0) is 0 Å². The van der Waals surface area contributed by atoms with E-state index in [1.54, 1.807) is 12.4 Å². The molecule has 1 aliphatic heterocycles. The monoisotopic (exact) mass is 366 g/mol. The predicted octanol–water partition coefficient (Wildman–Crippen LogP) is 0.672. The molecule has 0 amide bonds. The lowest BCUT2D eigenvalue weighted by molar-refractivity contribution is -0.754. The normalized spacial score (nSPS) is 15.5. The molecule has 0 spiro atoms. The Hall–Kier alpha value is -2.43. The lowest BCUT2D eigenvalue weighted by Gasteiger charge is -2.18. The first-order valence-electron chi connectivity index (χ1n) is 8.63. The molecule has 2 aromatic carbocycles. The Morgan fingerprint density at radius 1 is 0.769 bits per heavy atom. The van der Waals surface area contributed by atoms with Crippen LogP contribution in [0.1, 0.15) is 22.3 Å². The maximum absolute atomic E-state index is 4.66. The predicted molar refractivity (Wildman–Crippen MR) is 101 cm³/mol. The van der Waals surface area contributed by atoms with Gasteiger partial charge in [-0.15, -0.1) is 0 Å². The molecular weight excluding hydrogens is 344 g/mol.